The van der Waals surface area contributed by atoms with Crippen molar-refractivity contribution < 1.29 is 4.57 Å². The third-order valence-corrected chi connectivity index (χ3v) is 9.47. The molecule has 0 radical (unpaired) electrons. The second-order valence-corrected chi connectivity index (χ2v) is 11.6. The van der Waals surface area contributed by atoms with E-state index in [4.69, 9.17) is 0 Å². The molecule has 3 aromatic heterocycles. The van der Waals surface area contributed by atoms with Gasteiger partial charge in [-0.3, -0.25) is 0 Å². The molecule has 1 fully saturated rings. The van der Waals surface area contributed by atoms with Crippen LogP contribution in [-0.2, 0) is 7.05 Å². The van der Waals surface area contributed by atoms with E-state index in [1.165, 1.54) is 109 Å². The second-order valence-electron chi connectivity index (χ2n) is 11.6. The summed E-state index contributed by atoms with van der Waals surface area (Å²) in [4.78, 5) is 0. The highest BCUT2D eigenvalue weighted by Crippen LogP contribution is 2.45. The number of nitrogens with zero attached hydrogens (tertiary/aromatic N) is 2. The van der Waals surface area contributed by atoms with E-state index in [1.54, 1.807) is 0 Å². The summed E-state index contributed by atoms with van der Waals surface area (Å²) in [7, 11) is 2.22. The molecule has 2 heteroatoms. The SMILES string of the molecule is Cc1cc2c3cccc(-c4ccccc4)c3n3c4cc(C5CCCCC5)cc5cc[n+](C)c(c(c1C)c23)c54. The summed E-state index contributed by atoms with van der Waals surface area (Å²) in [6, 6.07) is 27.6. The normalized spacial score (nSPS) is 15.1. The number of benzene rings is 4. The van der Waals surface area contributed by atoms with Crippen molar-refractivity contribution >= 4 is 49.0 Å². The molecule has 1 aliphatic carbocycles. The van der Waals surface area contributed by atoms with Gasteiger partial charge in [0, 0.05) is 22.4 Å². The molecule has 38 heavy (non-hydrogen) atoms. The summed E-state index contributed by atoms with van der Waals surface area (Å²) in [5.41, 5.74) is 12.2. The molecule has 4 aromatic carbocycles. The van der Waals surface area contributed by atoms with Crippen LogP contribution in [0.15, 0.2) is 79.0 Å². The Balaban J connectivity index is 1.67. The molecule has 7 aromatic rings. The minimum atomic E-state index is 0.661. The van der Waals surface area contributed by atoms with Gasteiger partial charge in [-0.15, -0.1) is 0 Å². The highest BCUT2D eigenvalue weighted by molar-refractivity contribution is 6.27. The Labute approximate surface area is 223 Å². The van der Waals surface area contributed by atoms with Crippen molar-refractivity contribution in [2.24, 2.45) is 7.05 Å². The number of hydrogen-bond acceptors (Lipinski definition) is 0. The Kier molecular flexibility index (Phi) is 4.68. The predicted molar refractivity (Wildman–Crippen MR) is 161 cm³/mol. The molecule has 0 amide bonds. The molecule has 3 heterocycles. The number of pyridine rings is 2. The first-order valence-corrected chi connectivity index (χ1v) is 14.2. The van der Waals surface area contributed by atoms with Gasteiger partial charge in [0.25, 0.3) is 0 Å². The molecule has 8 rings (SSSR count). The van der Waals surface area contributed by atoms with Crippen molar-refractivity contribution in [3.05, 3.63) is 95.7 Å². The van der Waals surface area contributed by atoms with Crippen molar-refractivity contribution in [1.29, 1.82) is 0 Å². The van der Waals surface area contributed by atoms with Crippen LogP contribution in [0.4, 0.5) is 0 Å². The Morgan fingerprint density at radius 3 is 2.39 bits per heavy atom. The van der Waals surface area contributed by atoms with Gasteiger partial charge in [0.15, 0.2) is 6.20 Å². The van der Waals surface area contributed by atoms with Crippen LogP contribution < -0.4 is 4.57 Å². The molecular formula is C36H33N2+. The fourth-order valence-electron chi connectivity index (χ4n) is 7.49. The van der Waals surface area contributed by atoms with Crippen molar-refractivity contribution in [2.75, 3.05) is 0 Å². The van der Waals surface area contributed by atoms with E-state index in [-0.39, 0.29) is 0 Å². The van der Waals surface area contributed by atoms with Crippen LogP contribution in [0.25, 0.3) is 60.1 Å². The van der Waals surface area contributed by atoms with Crippen LogP contribution in [0.3, 0.4) is 0 Å². The molecule has 0 N–H and O–H groups in total. The lowest BCUT2D eigenvalue weighted by Crippen LogP contribution is -2.29. The maximum Gasteiger partial charge on any atom is 0.224 e. The Morgan fingerprint density at radius 2 is 1.58 bits per heavy atom. The van der Waals surface area contributed by atoms with Crippen molar-refractivity contribution in [1.82, 2.24) is 4.40 Å². The topological polar surface area (TPSA) is 8.29 Å². The third-order valence-electron chi connectivity index (χ3n) is 9.47. The summed E-state index contributed by atoms with van der Waals surface area (Å²) < 4.78 is 4.99. The molecule has 1 saturated carbocycles. The number of para-hydroxylation sites is 1. The van der Waals surface area contributed by atoms with E-state index in [9.17, 15) is 0 Å². The summed E-state index contributed by atoms with van der Waals surface area (Å²) in [6.45, 7) is 4.59. The quantitative estimate of drug-likeness (QED) is 0.129. The molecule has 1 aliphatic rings. The summed E-state index contributed by atoms with van der Waals surface area (Å²) >= 11 is 0. The first-order chi connectivity index (χ1) is 18.6. The monoisotopic (exact) mass is 493 g/mol. The summed E-state index contributed by atoms with van der Waals surface area (Å²) in [6.07, 6.45) is 8.97. The lowest BCUT2D eigenvalue weighted by atomic mass is 9.83. The minimum Gasteiger partial charge on any atom is -0.307 e. The van der Waals surface area contributed by atoms with E-state index < -0.39 is 0 Å². The highest BCUT2D eigenvalue weighted by atomic mass is 15.0. The van der Waals surface area contributed by atoms with E-state index >= 15 is 0 Å². The average molecular weight is 494 g/mol. The molecule has 0 unspecified atom stereocenters. The van der Waals surface area contributed by atoms with E-state index in [0.717, 1.165) is 0 Å². The Morgan fingerprint density at radius 1 is 0.763 bits per heavy atom. The number of rotatable bonds is 2. The Bertz CT molecular complexity index is 2020. The fourth-order valence-corrected chi connectivity index (χ4v) is 7.49. The van der Waals surface area contributed by atoms with Gasteiger partial charge < -0.3 is 4.40 Å². The summed E-state index contributed by atoms with van der Waals surface area (Å²) in [5, 5.41) is 6.85. The number of hydrogen-bond donors (Lipinski definition) is 0. The maximum absolute atomic E-state index is 2.64. The van der Waals surface area contributed by atoms with E-state index in [2.05, 4.69) is 109 Å². The van der Waals surface area contributed by atoms with Crippen LogP contribution in [-0.4, -0.2) is 4.40 Å². The zero-order valence-corrected chi connectivity index (χ0v) is 22.5. The molecule has 0 aliphatic heterocycles. The molecule has 0 saturated heterocycles. The first kappa shape index (κ1) is 22.1. The van der Waals surface area contributed by atoms with Gasteiger partial charge in [0.2, 0.25) is 5.52 Å². The van der Waals surface area contributed by atoms with E-state index in [1.807, 2.05) is 0 Å². The molecule has 186 valence electrons. The summed E-state index contributed by atoms with van der Waals surface area (Å²) in [5.74, 6) is 0.661. The number of aromatic nitrogens is 2. The van der Waals surface area contributed by atoms with Crippen LogP contribution in [0.1, 0.15) is 54.7 Å². The molecule has 0 spiro atoms. The lowest BCUT2D eigenvalue weighted by molar-refractivity contribution is -0.643. The molecular weight excluding hydrogens is 460 g/mol. The minimum absolute atomic E-state index is 0.661. The molecule has 0 bridgehead atoms. The zero-order valence-electron chi connectivity index (χ0n) is 22.5. The predicted octanol–water partition coefficient (Wildman–Crippen LogP) is 9.15. The highest BCUT2D eigenvalue weighted by Gasteiger charge is 2.27. The van der Waals surface area contributed by atoms with E-state index in [0.29, 0.717) is 5.92 Å². The van der Waals surface area contributed by atoms with Crippen LogP contribution in [0.2, 0.25) is 0 Å². The smallest absolute Gasteiger partial charge is 0.224 e. The van der Waals surface area contributed by atoms with Gasteiger partial charge in [-0.2, -0.15) is 0 Å². The van der Waals surface area contributed by atoms with Crippen LogP contribution >= 0.6 is 0 Å². The van der Waals surface area contributed by atoms with Gasteiger partial charge in [-0.1, -0.05) is 73.9 Å². The maximum atomic E-state index is 2.64. The van der Waals surface area contributed by atoms with Gasteiger partial charge in [-0.05, 0) is 72.4 Å². The van der Waals surface area contributed by atoms with Crippen molar-refractivity contribution in [3.8, 4) is 11.1 Å². The Hall–Kier alpha value is -3.91. The first-order valence-electron chi connectivity index (χ1n) is 14.2. The number of aryl methyl sites for hydroxylation is 3. The molecule has 2 nitrogen and oxygen atoms in total. The number of fused-ring (bicyclic) bond motifs is 5. The standard InChI is InChI=1S/C36H33N2/c1-22-19-30-29-16-10-15-28(25-13-8-5-9-14-25)34(29)38-31-21-27(24-11-6-4-7-12-24)20-26-17-18-37(3)36(33(26)31)32(23(22)2)35(30)38/h5,8-10,13-21,24H,4,6-7,11-12H2,1-3H3/q+1. The zero-order chi connectivity index (χ0) is 25.5. The van der Waals surface area contributed by atoms with Crippen molar-refractivity contribution in [2.45, 2.75) is 51.9 Å². The largest absolute Gasteiger partial charge is 0.307 e. The van der Waals surface area contributed by atoms with Gasteiger partial charge in [0.05, 0.1) is 27.3 Å². The molecule has 0 atom stereocenters. The third kappa shape index (κ3) is 2.92. The average Bonchev–Trinajstić information content (AvgIpc) is 3.29. The van der Waals surface area contributed by atoms with Gasteiger partial charge in [-0.25, -0.2) is 4.57 Å². The van der Waals surface area contributed by atoms with Gasteiger partial charge >= 0.3 is 0 Å². The van der Waals surface area contributed by atoms with Crippen LogP contribution in [0, 0.1) is 13.8 Å². The fraction of sp³-hybridized carbons (Fsp3) is 0.250. The second kappa shape index (κ2) is 8.04. The van der Waals surface area contributed by atoms with Crippen molar-refractivity contribution in [3.63, 3.8) is 0 Å². The lowest BCUT2D eigenvalue weighted by Gasteiger charge is -2.23. The van der Waals surface area contributed by atoms with Gasteiger partial charge in [0.1, 0.15) is 7.05 Å². The van der Waals surface area contributed by atoms with Crippen LogP contribution in [0.5, 0.6) is 0 Å².